The van der Waals surface area contributed by atoms with E-state index in [0.29, 0.717) is 21.9 Å². The minimum absolute atomic E-state index is 0.0338. The Balaban J connectivity index is 1.88. The topological polar surface area (TPSA) is 111 Å². The SMILES string of the molecule is Cc1ccc(NC(=O)c2ccc3nc(N)sc3c2)cc1[N+](=O)[O-]. The second-order valence-electron chi connectivity index (χ2n) is 4.95. The summed E-state index contributed by atoms with van der Waals surface area (Å²) in [6, 6.07) is 9.62. The molecule has 7 nitrogen and oxygen atoms in total. The summed E-state index contributed by atoms with van der Waals surface area (Å²) in [4.78, 5) is 26.9. The van der Waals surface area contributed by atoms with E-state index in [2.05, 4.69) is 10.3 Å². The Labute approximate surface area is 134 Å². The molecule has 0 aliphatic carbocycles. The minimum Gasteiger partial charge on any atom is -0.375 e. The summed E-state index contributed by atoms with van der Waals surface area (Å²) >= 11 is 1.30. The van der Waals surface area contributed by atoms with E-state index in [1.54, 1.807) is 37.3 Å². The molecule has 0 atom stereocenters. The van der Waals surface area contributed by atoms with Crippen LogP contribution in [-0.2, 0) is 0 Å². The van der Waals surface area contributed by atoms with Crippen molar-refractivity contribution in [1.29, 1.82) is 0 Å². The number of fused-ring (bicyclic) bond motifs is 1. The summed E-state index contributed by atoms with van der Waals surface area (Å²) in [5.74, 6) is -0.350. The van der Waals surface area contributed by atoms with Crippen molar-refractivity contribution in [2.45, 2.75) is 6.92 Å². The number of benzene rings is 2. The predicted molar refractivity (Wildman–Crippen MR) is 89.8 cm³/mol. The highest BCUT2D eigenvalue weighted by Gasteiger charge is 2.14. The smallest absolute Gasteiger partial charge is 0.274 e. The number of nitrogens with zero attached hydrogens (tertiary/aromatic N) is 2. The van der Waals surface area contributed by atoms with Crippen LogP contribution in [0.4, 0.5) is 16.5 Å². The number of nitro benzene ring substituents is 1. The summed E-state index contributed by atoms with van der Waals surface area (Å²) in [5.41, 5.74) is 7.68. The normalized spacial score (nSPS) is 10.7. The van der Waals surface area contributed by atoms with E-state index in [1.165, 1.54) is 17.4 Å². The van der Waals surface area contributed by atoms with Gasteiger partial charge in [0.2, 0.25) is 0 Å². The molecular formula is C15H12N4O3S. The van der Waals surface area contributed by atoms with E-state index in [0.717, 1.165) is 10.2 Å². The van der Waals surface area contributed by atoms with Crippen LogP contribution in [0.1, 0.15) is 15.9 Å². The molecule has 3 aromatic rings. The second-order valence-corrected chi connectivity index (χ2v) is 6.01. The number of nitrogens with one attached hydrogen (secondary N) is 1. The van der Waals surface area contributed by atoms with E-state index in [9.17, 15) is 14.9 Å². The van der Waals surface area contributed by atoms with Crippen LogP contribution in [0.25, 0.3) is 10.2 Å². The number of hydrogen-bond acceptors (Lipinski definition) is 6. The van der Waals surface area contributed by atoms with Crippen LogP contribution in [0.5, 0.6) is 0 Å². The van der Waals surface area contributed by atoms with Gasteiger partial charge >= 0.3 is 0 Å². The van der Waals surface area contributed by atoms with Gasteiger partial charge in [-0.25, -0.2) is 4.98 Å². The molecule has 0 aliphatic heterocycles. The number of carbonyl (C=O) groups is 1. The van der Waals surface area contributed by atoms with Gasteiger partial charge < -0.3 is 11.1 Å². The third-order valence-electron chi connectivity index (χ3n) is 3.33. The fraction of sp³-hybridized carbons (Fsp3) is 0.0667. The number of nitro groups is 1. The van der Waals surface area contributed by atoms with Gasteiger partial charge in [0.25, 0.3) is 11.6 Å². The lowest BCUT2D eigenvalue weighted by Crippen LogP contribution is -2.12. The van der Waals surface area contributed by atoms with Crippen molar-refractivity contribution in [3.63, 3.8) is 0 Å². The summed E-state index contributed by atoms with van der Waals surface area (Å²) < 4.78 is 0.810. The molecule has 0 aliphatic rings. The third kappa shape index (κ3) is 2.97. The molecule has 0 saturated heterocycles. The molecule has 3 rings (SSSR count). The molecule has 1 heterocycles. The van der Waals surface area contributed by atoms with Crippen molar-refractivity contribution in [1.82, 2.24) is 4.98 Å². The first-order valence-corrected chi connectivity index (χ1v) is 7.48. The highest BCUT2D eigenvalue weighted by atomic mass is 32.1. The molecular weight excluding hydrogens is 316 g/mol. The van der Waals surface area contributed by atoms with Crippen LogP contribution in [-0.4, -0.2) is 15.8 Å². The van der Waals surface area contributed by atoms with Gasteiger partial charge in [0, 0.05) is 22.9 Å². The summed E-state index contributed by atoms with van der Waals surface area (Å²) in [6.45, 7) is 1.64. The summed E-state index contributed by atoms with van der Waals surface area (Å²) in [5, 5.41) is 14.1. The van der Waals surface area contributed by atoms with Gasteiger partial charge in [-0.3, -0.25) is 14.9 Å². The standard InChI is InChI=1S/C15H12N4O3S/c1-8-2-4-10(7-12(8)19(21)22)17-14(20)9-3-5-11-13(6-9)23-15(16)18-11/h2-7H,1H3,(H2,16,18)(H,17,20). The van der Waals surface area contributed by atoms with Gasteiger partial charge in [0.05, 0.1) is 15.1 Å². The zero-order valence-electron chi connectivity index (χ0n) is 12.1. The Kier molecular flexibility index (Phi) is 3.67. The molecule has 0 spiro atoms. The first-order valence-electron chi connectivity index (χ1n) is 6.66. The zero-order chi connectivity index (χ0) is 16.6. The van der Waals surface area contributed by atoms with Crippen LogP contribution in [0, 0.1) is 17.0 Å². The van der Waals surface area contributed by atoms with Crippen LogP contribution >= 0.6 is 11.3 Å². The average molecular weight is 328 g/mol. The third-order valence-corrected chi connectivity index (χ3v) is 4.18. The van der Waals surface area contributed by atoms with E-state index >= 15 is 0 Å². The predicted octanol–water partition coefficient (Wildman–Crippen LogP) is 3.35. The first-order chi connectivity index (χ1) is 10.9. The van der Waals surface area contributed by atoms with E-state index in [-0.39, 0.29) is 11.6 Å². The number of amides is 1. The Morgan fingerprint density at radius 1 is 1.30 bits per heavy atom. The molecule has 116 valence electrons. The second kappa shape index (κ2) is 5.65. The number of aromatic nitrogens is 1. The fourth-order valence-electron chi connectivity index (χ4n) is 2.17. The molecule has 0 bridgehead atoms. The maximum Gasteiger partial charge on any atom is 0.274 e. The largest absolute Gasteiger partial charge is 0.375 e. The Morgan fingerprint density at radius 3 is 2.83 bits per heavy atom. The van der Waals surface area contributed by atoms with Crippen molar-refractivity contribution in [2.75, 3.05) is 11.1 Å². The lowest BCUT2D eigenvalue weighted by Gasteiger charge is -2.06. The maximum absolute atomic E-state index is 12.3. The van der Waals surface area contributed by atoms with Gasteiger partial charge in [-0.05, 0) is 31.2 Å². The Bertz CT molecular complexity index is 936. The van der Waals surface area contributed by atoms with Gasteiger partial charge in [-0.2, -0.15) is 0 Å². The summed E-state index contributed by atoms with van der Waals surface area (Å²) in [7, 11) is 0. The molecule has 0 unspecified atom stereocenters. The van der Waals surface area contributed by atoms with E-state index < -0.39 is 4.92 Å². The number of anilines is 2. The molecule has 2 aromatic carbocycles. The van der Waals surface area contributed by atoms with E-state index in [1.807, 2.05) is 0 Å². The Hall–Kier alpha value is -3.00. The number of nitrogen functional groups attached to an aromatic ring is 1. The number of hydrogen-bond donors (Lipinski definition) is 2. The van der Waals surface area contributed by atoms with Crippen LogP contribution < -0.4 is 11.1 Å². The van der Waals surface area contributed by atoms with Crippen LogP contribution in [0.15, 0.2) is 36.4 Å². The highest BCUT2D eigenvalue weighted by molar-refractivity contribution is 7.22. The van der Waals surface area contributed by atoms with Crippen LogP contribution in [0.3, 0.4) is 0 Å². The average Bonchev–Trinajstić information content (AvgIpc) is 2.87. The first kappa shape index (κ1) is 14.9. The van der Waals surface area contributed by atoms with Gasteiger partial charge in [-0.15, -0.1) is 0 Å². The van der Waals surface area contributed by atoms with Crippen molar-refractivity contribution >= 4 is 44.0 Å². The Morgan fingerprint density at radius 2 is 2.09 bits per heavy atom. The zero-order valence-corrected chi connectivity index (χ0v) is 12.9. The van der Waals surface area contributed by atoms with Gasteiger partial charge in [0.15, 0.2) is 5.13 Å². The summed E-state index contributed by atoms with van der Waals surface area (Å²) in [6.07, 6.45) is 0. The minimum atomic E-state index is -0.475. The highest BCUT2D eigenvalue weighted by Crippen LogP contribution is 2.26. The molecule has 3 N–H and O–H groups in total. The van der Waals surface area contributed by atoms with Gasteiger partial charge in [0.1, 0.15) is 0 Å². The molecule has 1 aromatic heterocycles. The number of rotatable bonds is 3. The lowest BCUT2D eigenvalue weighted by molar-refractivity contribution is -0.385. The molecule has 0 radical (unpaired) electrons. The quantitative estimate of drug-likeness (QED) is 0.565. The van der Waals surface area contributed by atoms with Crippen molar-refractivity contribution in [3.05, 3.63) is 57.6 Å². The molecule has 0 saturated carbocycles. The fourth-order valence-corrected chi connectivity index (χ4v) is 2.94. The number of aryl methyl sites for hydroxylation is 1. The number of carbonyl (C=O) groups excluding carboxylic acids is 1. The van der Waals surface area contributed by atoms with Crippen molar-refractivity contribution in [3.8, 4) is 0 Å². The van der Waals surface area contributed by atoms with E-state index in [4.69, 9.17) is 5.73 Å². The van der Waals surface area contributed by atoms with Crippen molar-refractivity contribution < 1.29 is 9.72 Å². The monoisotopic (exact) mass is 328 g/mol. The molecule has 1 amide bonds. The number of thiazole rings is 1. The lowest BCUT2D eigenvalue weighted by atomic mass is 10.1. The molecule has 8 heteroatoms. The molecule has 23 heavy (non-hydrogen) atoms. The number of nitrogens with two attached hydrogens (primary N) is 1. The van der Waals surface area contributed by atoms with Gasteiger partial charge in [-0.1, -0.05) is 17.4 Å². The molecule has 0 fully saturated rings. The maximum atomic E-state index is 12.3. The van der Waals surface area contributed by atoms with Crippen molar-refractivity contribution in [2.24, 2.45) is 0 Å². The van der Waals surface area contributed by atoms with Crippen LogP contribution in [0.2, 0.25) is 0 Å².